The third kappa shape index (κ3) is 5.86. The standard InChI is InChI=1S/C34H35F4N3O2/c1-20-9-13-25(19-28(20)34(36,37)38)40-32(42)27-18-17-26-16-12-21-5-4-8-29(35)30(21)33(43)41(26)31(27)22-10-14-24(15-11-22)39-23-6-2-3-7-23/h4-5,8-11,13-15,19,23,26-27,31,39H,2-3,6-7,12,16-18H2,1H3,(H,40,42)/t26?,27-,31?/m0/s1. The van der Waals surface area contributed by atoms with Crippen molar-refractivity contribution in [3.8, 4) is 0 Å². The molecular weight excluding hydrogens is 558 g/mol. The first-order valence-electron chi connectivity index (χ1n) is 15.1. The van der Waals surface area contributed by atoms with Gasteiger partial charge in [-0.15, -0.1) is 0 Å². The van der Waals surface area contributed by atoms with E-state index in [1.54, 1.807) is 17.0 Å². The van der Waals surface area contributed by atoms with Crippen molar-refractivity contribution < 1.29 is 27.2 Å². The van der Waals surface area contributed by atoms with Gasteiger partial charge in [-0.05, 0) is 92.5 Å². The normalized spacial score (nSPS) is 22.5. The average molecular weight is 594 g/mol. The largest absolute Gasteiger partial charge is 0.416 e. The number of anilines is 2. The summed E-state index contributed by atoms with van der Waals surface area (Å²) in [5, 5.41) is 6.26. The summed E-state index contributed by atoms with van der Waals surface area (Å²) in [7, 11) is 0. The lowest BCUT2D eigenvalue weighted by atomic mass is 9.80. The number of nitrogens with one attached hydrogen (secondary N) is 2. The molecule has 226 valence electrons. The molecule has 0 spiro atoms. The number of halogens is 4. The monoisotopic (exact) mass is 593 g/mol. The molecule has 2 fully saturated rings. The van der Waals surface area contributed by atoms with Crippen LogP contribution in [0.3, 0.4) is 0 Å². The van der Waals surface area contributed by atoms with Crippen LogP contribution in [-0.2, 0) is 17.4 Å². The molecule has 43 heavy (non-hydrogen) atoms. The number of nitrogens with zero attached hydrogens (tertiary/aromatic N) is 1. The SMILES string of the molecule is Cc1ccc(NC(=O)[C@H]2CCC3CCc4cccc(F)c4C(=O)N3C2c2ccc(NC3CCCC3)cc2)cc1C(F)(F)F. The van der Waals surface area contributed by atoms with Crippen molar-refractivity contribution >= 4 is 23.2 Å². The fraction of sp³-hybridized carbons (Fsp3) is 0.412. The van der Waals surface area contributed by atoms with Gasteiger partial charge in [0.1, 0.15) is 5.82 Å². The van der Waals surface area contributed by atoms with Crippen LogP contribution in [0.4, 0.5) is 28.9 Å². The van der Waals surface area contributed by atoms with E-state index in [0.29, 0.717) is 37.3 Å². The van der Waals surface area contributed by atoms with Gasteiger partial charge in [-0.1, -0.05) is 43.2 Å². The number of amides is 2. The van der Waals surface area contributed by atoms with Gasteiger partial charge >= 0.3 is 6.18 Å². The van der Waals surface area contributed by atoms with Crippen molar-refractivity contribution in [2.45, 2.75) is 82.6 Å². The number of carbonyl (C=O) groups is 2. The van der Waals surface area contributed by atoms with E-state index in [-0.39, 0.29) is 22.9 Å². The van der Waals surface area contributed by atoms with Crippen molar-refractivity contribution in [1.82, 2.24) is 4.90 Å². The Morgan fingerprint density at radius 2 is 1.63 bits per heavy atom. The molecule has 0 radical (unpaired) electrons. The van der Waals surface area contributed by atoms with Crippen molar-refractivity contribution in [2.24, 2.45) is 5.92 Å². The van der Waals surface area contributed by atoms with E-state index in [0.717, 1.165) is 30.2 Å². The number of aryl methyl sites for hydroxylation is 2. The number of rotatable bonds is 5. The zero-order chi connectivity index (χ0) is 30.3. The van der Waals surface area contributed by atoms with E-state index < -0.39 is 41.3 Å². The van der Waals surface area contributed by atoms with Crippen LogP contribution in [-0.4, -0.2) is 28.8 Å². The molecule has 9 heteroatoms. The van der Waals surface area contributed by atoms with Gasteiger partial charge < -0.3 is 15.5 Å². The topological polar surface area (TPSA) is 61.4 Å². The van der Waals surface area contributed by atoms with Crippen LogP contribution in [0.5, 0.6) is 0 Å². The molecule has 1 aliphatic carbocycles. The second kappa shape index (κ2) is 11.7. The summed E-state index contributed by atoms with van der Waals surface area (Å²) >= 11 is 0. The molecule has 2 aliphatic heterocycles. The van der Waals surface area contributed by atoms with E-state index in [1.165, 1.54) is 38.0 Å². The Morgan fingerprint density at radius 3 is 2.35 bits per heavy atom. The van der Waals surface area contributed by atoms with Crippen molar-refractivity contribution in [3.63, 3.8) is 0 Å². The molecule has 3 aromatic rings. The first kappa shape index (κ1) is 29.2. The summed E-state index contributed by atoms with van der Waals surface area (Å²) in [4.78, 5) is 29.6. The fourth-order valence-corrected chi connectivity index (χ4v) is 7.12. The average Bonchev–Trinajstić information content (AvgIpc) is 3.44. The Labute approximate surface area is 248 Å². The number of hydrogen-bond donors (Lipinski definition) is 2. The van der Waals surface area contributed by atoms with Crippen LogP contribution in [0.25, 0.3) is 0 Å². The van der Waals surface area contributed by atoms with Crippen molar-refractivity contribution in [2.75, 3.05) is 10.6 Å². The molecule has 5 nitrogen and oxygen atoms in total. The molecule has 3 atom stereocenters. The third-order valence-corrected chi connectivity index (χ3v) is 9.31. The molecule has 0 bridgehead atoms. The maximum Gasteiger partial charge on any atom is 0.416 e. The molecule has 0 aromatic heterocycles. The fourth-order valence-electron chi connectivity index (χ4n) is 7.12. The molecular formula is C34H35F4N3O2. The first-order valence-corrected chi connectivity index (χ1v) is 15.1. The second-order valence-corrected chi connectivity index (χ2v) is 12.1. The number of fused-ring (bicyclic) bond motifs is 2. The Bertz CT molecular complexity index is 1520. The Morgan fingerprint density at radius 1 is 0.907 bits per heavy atom. The summed E-state index contributed by atoms with van der Waals surface area (Å²) in [6, 6.07) is 15.6. The van der Waals surface area contributed by atoms with Crippen molar-refractivity contribution in [1.29, 1.82) is 0 Å². The van der Waals surface area contributed by atoms with Gasteiger partial charge in [0, 0.05) is 23.5 Å². The summed E-state index contributed by atoms with van der Waals surface area (Å²) in [5.41, 5.74) is 1.64. The smallest absolute Gasteiger partial charge is 0.382 e. The van der Waals surface area contributed by atoms with Gasteiger partial charge in [0.15, 0.2) is 0 Å². The van der Waals surface area contributed by atoms with Gasteiger partial charge in [-0.3, -0.25) is 9.59 Å². The zero-order valence-corrected chi connectivity index (χ0v) is 24.0. The van der Waals surface area contributed by atoms with Crippen LogP contribution < -0.4 is 10.6 Å². The van der Waals surface area contributed by atoms with Crippen LogP contribution in [0.2, 0.25) is 0 Å². The number of piperidine rings is 1. The van der Waals surface area contributed by atoms with E-state index in [9.17, 15) is 22.8 Å². The molecule has 1 saturated carbocycles. The summed E-state index contributed by atoms with van der Waals surface area (Å²) in [6.07, 6.45) is 2.16. The Kier molecular flexibility index (Phi) is 7.92. The quantitative estimate of drug-likeness (QED) is 0.294. The molecule has 2 N–H and O–H groups in total. The Balaban J connectivity index is 1.36. The summed E-state index contributed by atoms with van der Waals surface area (Å²) in [5.74, 6) is -2.28. The highest BCUT2D eigenvalue weighted by molar-refractivity contribution is 5.98. The summed E-state index contributed by atoms with van der Waals surface area (Å²) < 4.78 is 55.9. The van der Waals surface area contributed by atoms with Crippen LogP contribution in [0, 0.1) is 18.7 Å². The lowest BCUT2D eigenvalue weighted by Gasteiger charge is -2.45. The molecule has 2 amide bonds. The lowest BCUT2D eigenvalue weighted by molar-refractivity contribution is -0.138. The molecule has 6 rings (SSSR count). The third-order valence-electron chi connectivity index (χ3n) is 9.31. The maximum atomic E-state index is 15.1. The zero-order valence-electron chi connectivity index (χ0n) is 24.0. The number of hydrogen-bond acceptors (Lipinski definition) is 3. The maximum absolute atomic E-state index is 15.1. The summed E-state index contributed by atoms with van der Waals surface area (Å²) in [6.45, 7) is 1.37. The van der Waals surface area contributed by atoms with Crippen LogP contribution in [0.15, 0.2) is 60.7 Å². The highest BCUT2D eigenvalue weighted by Crippen LogP contribution is 2.44. The number of benzene rings is 3. The van der Waals surface area contributed by atoms with E-state index in [2.05, 4.69) is 10.6 Å². The predicted molar refractivity (Wildman–Crippen MR) is 157 cm³/mol. The molecule has 3 aliphatic rings. The number of carbonyl (C=O) groups excluding carboxylic acids is 2. The van der Waals surface area contributed by atoms with Crippen LogP contribution in [0.1, 0.15) is 83.6 Å². The lowest BCUT2D eigenvalue weighted by Crippen LogP contribution is -2.51. The van der Waals surface area contributed by atoms with E-state index in [4.69, 9.17) is 0 Å². The van der Waals surface area contributed by atoms with Gasteiger partial charge in [-0.25, -0.2) is 4.39 Å². The van der Waals surface area contributed by atoms with E-state index >= 15 is 4.39 Å². The Hall–Kier alpha value is -3.88. The van der Waals surface area contributed by atoms with E-state index in [1.807, 2.05) is 24.3 Å². The minimum absolute atomic E-state index is 0.0314. The minimum Gasteiger partial charge on any atom is -0.382 e. The molecule has 1 saturated heterocycles. The van der Waals surface area contributed by atoms with Gasteiger partial charge in [0.05, 0.1) is 23.1 Å². The van der Waals surface area contributed by atoms with Gasteiger partial charge in [0.2, 0.25) is 5.91 Å². The molecule has 2 heterocycles. The molecule has 2 unspecified atom stereocenters. The first-order chi connectivity index (χ1) is 20.6. The molecule has 3 aromatic carbocycles. The second-order valence-electron chi connectivity index (χ2n) is 12.1. The highest BCUT2D eigenvalue weighted by atomic mass is 19.4. The van der Waals surface area contributed by atoms with Crippen LogP contribution >= 0.6 is 0 Å². The highest BCUT2D eigenvalue weighted by Gasteiger charge is 2.46. The number of alkyl halides is 3. The van der Waals surface area contributed by atoms with Gasteiger partial charge in [-0.2, -0.15) is 13.2 Å². The van der Waals surface area contributed by atoms with Crippen molar-refractivity contribution in [3.05, 3.63) is 94.3 Å². The minimum atomic E-state index is -4.56. The predicted octanol–water partition coefficient (Wildman–Crippen LogP) is 8.05. The van der Waals surface area contributed by atoms with Gasteiger partial charge in [0.25, 0.3) is 5.91 Å².